The Kier molecular flexibility index (Phi) is 2.59. The lowest BCUT2D eigenvalue weighted by molar-refractivity contribution is 0.205. The van der Waals surface area contributed by atoms with Crippen molar-refractivity contribution in [3.05, 3.63) is 23.8 Å². The van der Waals surface area contributed by atoms with E-state index >= 15 is 0 Å². The lowest BCUT2D eigenvalue weighted by atomic mass is 10.1. The van der Waals surface area contributed by atoms with Gasteiger partial charge in [0, 0.05) is 20.2 Å². The van der Waals surface area contributed by atoms with Crippen LogP contribution in [0.1, 0.15) is 5.56 Å². The van der Waals surface area contributed by atoms with Crippen molar-refractivity contribution >= 4 is 11.4 Å². The highest BCUT2D eigenvalue weighted by Gasteiger charge is 2.20. The molecule has 0 aliphatic carbocycles. The van der Waals surface area contributed by atoms with Crippen molar-refractivity contribution in [2.24, 2.45) is 0 Å². The number of fused-ring (bicyclic) bond motifs is 1. The van der Waals surface area contributed by atoms with E-state index < -0.39 is 0 Å². The molecule has 2 rings (SSSR count). The molecule has 0 saturated heterocycles. The summed E-state index contributed by atoms with van der Waals surface area (Å²) in [4.78, 5) is 2.30. The number of hydrogen-bond donors (Lipinski definition) is 1. The van der Waals surface area contributed by atoms with Crippen molar-refractivity contribution in [1.82, 2.24) is 0 Å². The predicted octanol–water partition coefficient (Wildman–Crippen LogP) is 1.28. The first kappa shape index (κ1) is 9.34. The topological polar surface area (TPSA) is 38.5 Å². The molecule has 0 radical (unpaired) electrons. The standard InChI is InChI=1S/C11H16N2O/c1-14-8-7-13-6-5-9-3-2-4-10(12)11(9)13/h2-4H,5-8,12H2,1H3. The van der Waals surface area contributed by atoms with Gasteiger partial charge in [-0.2, -0.15) is 0 Å². The number of nitrogens with zero attached hydrogens (tertiary/aromatic N) is 1. The van der Waals surface area contributed by atoms with Crippen LogP contribution in [0.3, 0.4) is 0 Å². The highest BCUT2D eigenvalue weighted by Crippen LogP contribution is 2.32. The highest BCUT2D eigenvalue weighted by molar-refractivity contribution is 5.74. The van der Waals surface area contributed by atoms with E-state index in [1.54, 1.807) is 7.11 Å². The molecule has 0 unspecified atom stereocenters. The third-order valence-electron chi connectivity index (χ3n) is 2.68. The second kappa shape index (κ2) is 3.88. The van der Waals surface area contributed by atoms with Crippen LogP contribution in [0.2, 0.25) is 0 Å². The monoisotopic (exact) mass is 192 g/mol. The molecule has 0 saturated carbocycles. The van der Waals surface area contributed by atoms with Crippen LogP contribution in [-0.4, -0.2) is 26.8 Å². The van der Waals surface area contributed by atoms with Gasteiger partial charge in [0.2, 0.25) is 0 Å². The number of rotatable bonds is 3. The predicted molar refractivity (Wildman–Crippen MR) is 58.6 cm³/mol. The van der Waals surface area contributed by atoms with Crippen LogP contribution in [0.4, 0.5) is 11.4 Å². The largest absolute Gasteiger partial charge is 0.397 e. The van der Waals surface area contributed by atoms with E-state index in [0.717, 1.165) is 31.8 Å². The molecule has 2 N–H and O–H groups in total. The summed E-state index contributed by atoms with van der Waals surface area (Å²) in [6.45, 7) is 2.75. The van der Waals surface area contributed by atoms with E-state index in [-0.39, 0.29) is 0 Å². The number of para-hydroxylation sites is 1. The molecular formula is C11H16N2O. The third kappa shape index (κ3) is 1.55. The molecule has 1 aromatic carbocycles. The number of ether oxygens (including phenoxy) is 1. The van der Waals surface area contributed by atoms with Crippen LogP contribution in [0, 0.1) is 0 Å². The van der Waals surface area contributed by atoms with Crippen LogP contribution < -0.4 is 10.6 Å². The van der Waals surface area contributed by atoms with Crippen LogP contribution in [0.5, 0.6) is 0 Å². The van der Waals surface area contributed by atoms with E-state index in [4.69, 9.17) is 10.5 Å². The Morgan fingerprint density at radius 3 is 3.14 bits per heavy atom. The molecule has 1 aliphatic heterocycles. The SMILES string of the molecule is COCCN1CCc2cccc(N)c21. The van der Waals surface area contributed by atoms with Crippen LogP contribution in [0.15, 0.2) is 18.2 Å². The van der Waals surface area contributed by atoms with Crippen LogP contribution in [-0.2, 0) is 11.2 Å². The van der Waals surface area contributed by atoms with Crippen LogP contribution >= 0.6 is 0 Å². The minimum atomic E-state index is 0.758. The number of hydrogen-bond acceptors (Lipinski definition) is 3. The summed E-state index contributed by atoms with van der Waals surface area (Å²) in [7, 11) is 1.73. The first-order valence-electron chi connectivity index (χ1n) is 4.94. The summed E-state index contributed by atoms with van der Waals surface area (Å²) in [5, 5.41) is 0. The zero-order valence-corrected chi connectivity index (χ0v) is 8.49. The van der Waals surface area contributed by atoms with Gasteiger partial charge in [0.25, 0.3) is 0 Å². The van der Waals surface area contributed by atoms with Crippen molar-refractivity contribution in [1.29, 1.82) is 0 Å². The first-order chi connectivity index (χ1) is 6.83. The molecule has 0 spiro atoms. The van der Waals surface area contributed by atoms with Gasteiger partial charge in [-0.15, -0.1) is 0 Å². The molecule has 1 aliphatic rings. The Hall–Kier alpha value is -1.22. The molecular weight excluding hydrogens is 176 g/mol. The van der Waals surface area contributed by atoms with Gasteiger partial charge in [0.05, 0.1) is 18.0 Å². The molecule has 1 aromatic rings. The minimum Gasteiger partial charge on any atom is -0.397 e. The average molecular weight is 192 g/mol. The van der Waals surface area contributed by atoms with E-state index in [1.807, 2.05) is 12.1 Å². The van der Waals surface area contributed by atoms with Crippen LogP contribution in [0.25, 0.3) is 0 Å². The maximum Gasteiger partial charge on any atom is 0.0637 e. The molecule has 0 bridgehead atoms. The van der Waals surface area contributed by atoms with Gasteiger partial charge in [-0.1, -0.05) is 12.1 Å². The molecule has 76 valence electrons. The number of benzene rings is 1. The summed E-state index contributed by atoms with van der Waals surface area (Å²) < 4.78 is 5.08. The second-order valence-corrected chi connectivity index (χ2v) is 3.58. The smallest absolute Gasteiger partial charge is 0.0637 e. The average Bonchev–Trinajstić information content (AvgIpc) is 2.59. The van der Waals surface area contributed by atoms with Crippen molar-refractivity contribution in [2.45, 2.75) is 6.42 Å². The Balaban J connectivity index is 2.20. The number of anilines is 2. The van der Waals surface area contributed by atoms with Gasteiger partial charge in [0.1, 0.15) is 0 Å². The quantitative estimate of drug-likeness (QED) is 0.733. The molecule has 1 heterocycles. The van der Waals surface area contributed by atoms with Gasteiger partial charge < -0.3 is 15.4 Å². The van der Waals surface area contributed by atoms with Gasteiger partial charge in [0.15, 0.2) is 0 Å². The zero-order chi connectivity index (χ0) is 9.97. The Bertz CT molecular complexity index is 325. The van der Waals surface area contributed by atoms with E-state index in [1.165, 1.54) is 11.3 Å². The summed E-state index contributed by atoms with van der Waals surface area (Å²) in [5.41, 5.74) is 9.41. The molecule has 0 aromatic heterocycles. The normalized spacial score (nSPS) is 14.5. The Morgan fingerprint density at radius 1 is 1.50 bits per heavy atom. The highest BCUT2D eigenvalue weighted by atomic mass is 16.5. The summed E-state index contributed by atoms with van der Waals surface area (Å²) in [5.74, 6) is 0. The van der Waals surface area contributed by atoms with Crippen molar-refractivity contribution in [2.75, 3.05) is 37.4 Å². The van der Waals surface area contributed by atoms with Gasteiger partial charge in [-0.25, -0.2) is 0 Å². The Labute approximate surface area is 84.5 Å². The molecule has 0 fully saturated rings. The summed E-state index contributed by atoms with van der Waals surface area (Å²) >= 11 is 0. The van der Waals surface area contributed by atoms with Gasteiger partial charge in [-0.3, -0.25) is 0 Å². The van der Waals surface area contributed by atoms with Crippen molar-refractivity contribution in [3.63, 3.8) is 0 Å². The third-order valence-corrected chi connectivity index (χ3v) is 2.68. The number of methoxy groups -OCH3 is 1. The minimum absolute atomic E-state index is 0.758. The fourth-order valence-corrected chi connectivity index (χ4v) is 1.99. The Morgan fingerprint density at radius 2 is 2.36 bits per heavy atom. The lowest BCUT2D eigenvalue weighted by Gasteiger charge is -2.20. The second-order valence-electron chi connectivity index (χ2n) is 3.58. The fraction of sp³-hybridized carbons (Fsp3) is 0.455. The van der Waals surface area contributed by atoms with E-state index in [2.05, 4.69) is 11.0 Å². The van der Waals surface area contributed by atoms with Gasteiger partial charge >= 0.3 is 0 Å². The number of nitrogen functional groups attached to an aromatic ring is 1. The summed E-state index contributed by atoms with van der Waals surface area (Å²) in [6.07, 6.45) is 1.10. The van der Waals surface area contributed by atoms with Crippen molar-refractivity contribution in [3.8, 4) is 0 Å². The maximum absolute atomic E-state index is 5.95. The zero-order valence-electron chi connectivity index (χ0n) is 8.49. The molecule has 14 heavy (non-hydrogen) atoms. The van der Waals surface area contributed by atoms with E-state index in [9.17, 15) is 0 Å². The summed E-state index contributed by atoms with van der Waals surface area (Å²) in [6, 6.07) is 6.14. The first-order valence-corrected chi connectivity index (χ1v) is 4.94. The van der Waals surface area contributed by atoms with Gasteiger partial charge in [-0.05, 0) is 18.1 Å². The molecule has 0 amide bonds. The van der Waals surface area contributed by atoms with E-state index in [0.29, 0.717) is 0 Å². The maximum atomic E-state index is 5.95. The molecule has 3 heteroatoms. The molecule has 0 atom stereocenters. The van der Waals surface area contributed by atoms with Crippen molar-refractivity contribution < 1.29 is 4.74 Å². The lowest BCUT2D eigenvalue weighted by Crippen LogP contribution is -2.25. The fourth-order valence-electron chi connectivity index (χ4n) is 1.99. The number of nitrogens with two attached hydrogens (primary N) is 1. The molecule has 3 nitrogen and oxygen atoms in total.